The van der Waals surface area contributed by atoms with Crippen molar-refractivity contribution in [1.29, 1.82) is 0 Å². The molecule has 50 heavy (non-hydrogen) atoms. The van der Waals surface area contributed by atoms with Gasteiger partial charge in [0.05, 0.1) is 0 Å². The molecule has 2 nitrogen and oxygen atoms in total. The van der Waals surface area contributed by atoms with Crippen molar-refractivity contribution < 1.29 is 0 Å². The molecule has 0 N–H and O–H groups in total. The Balaban J connectivity index is 1.12. The molecule has 7 aromatic rings. The largest absolute Gasteiger partial charge is 0.315 e. The molecule has 0 spiro atoms. The highest BCUT2D eigenvalue weighted by Crippen LogP contribution is 2.53. The smallest absolute Gasteiger partial charge is 0.0476 e. The molecular formula is C46H34N2S2. The van der Waals surface area contributed by atoms with Crippen molar-refractivity contribution >= 4 is 82.4 Å². The zero-order chi connectivity index (χ0) is 33.0. The van der Waals surface area contributed by atoms with Gasteiger partial charge >= 0.3 is 0 Å². The van der Waals surface area contributed by atoms with Crippen LogP contribution in [0.5, 0.6) is 0 Å². The predicted molar refractivity (Wildman–Crippen MR) is 217 cm³/mol. The molecule has 1 aliphatic heterocycles. The topological polar surface area (TPSA) is 6.48 Å². The first-order valence-corrected chi connectivity index (χ1v) is 19.1. The fourth-order valence-corrected chi connectivity index (χ4v) is 10.4. The lowest BCUT2D eigenvalue weighted by molar-refractivity contribution is 0.894. The van der Waals surface area contributed by atoms with Crippen LogP contribution in [-0.2, 0) is 0 Å². The number of para-hydroxylation sites is 3. The Bertz CT molecular complexity index is 2520. The molecule has 3 aliphatic rings. The van der Waals surface area contributed by atoms with E-state index in [2.05, 4.69) is 168 Å². The standard InChI is InChI=1S/C46H34N2S2/c1-5-14-31(15-6-1)47(32-16-7-2-8-17-32)35-24-26-37-40-30-44-45(39-22-13-23-41(46(39)40)49-42(37)28-35)38-27-25-36(29-43(38)50-44)48(33-18-9-3-10-19-33)34-20-11-4-12-21-34/h1,3-7,9-23,25,27-30H,2,8,24,26H2. The maximum absolute atomic E-state index is 2.51. The van der Waals surface area contributed by atoms with Crippen LogP contribution in [0.4, 0.5) is 22.7 Å². The van der Waals surface area contributed by atoms with E-state index in [0.717, 1.165) is 37.1 Å². The summed E-state index contributed by atoms with van der Waals surface area (Å²) < 4.78 is 2.68. The number of hydrogen-bond acceptors (Lipinski definition) is 4. The molecule has 2 aliphatic carbocycles. The van der Waals surface area contributed by atoms with Gasteiger partial charge in [0.15, 0.2) is 0 Å². The van der Waals surface area contributed by atoms with E-state index in [-0.39, 0.29) is 0 Å². The summed E-state index contributed by atoms with van der Waals surface area (Å²) in [6, 6.07) is 48.7. The van der Waals surface area contributed by atoms with Gasteiger partial charge < -0.3 is 9.80 Å². The Hall–Kier alpha value is -5.29. The molecule has 10 rings (SSSR count). The average molecular weight is 679 g/mol. The molecule has 0 unspecified atom stereocenters. The molecule has 6 aromatic carbocycles. The Kier molecular flexibility index (Phi) is 7.25. The molecule has 0 radical (unpaired) electrons. The third-order valence-corrected chi connectivity index (χ3v) is 12.4. The van der Waals surface area contributed by atoms with Crippen LogP contribution in [0.15, 0.2) is 179 Å². The molecule has 0 fully saturated rings. The fourth-order valence-electron chi connectivity index (χ4n) is 7.93. The number of rotatable bonds is 6. The van der Waals surface area contributed by atoms with E-state index < -0.39 is 0 Å². The summed E-state index contributed by atoms with van der Waals surface area (Å²) in [4.78, 5) is 7.58. The lowest BCUT2D eigenvalue weighted by Crippen LogP contribution is -2.23. The van der Waals surface area contributed by atoms with E-state index in [1.807, 2.05) is 23.1 Å². The van der Waals surface area contributed by atoms with Crippen LogP contribution in [0, 0.1) is 0 Å². The van der Waals surface area contributed by atoms with Crippen LogP contribution in [0.3, 0.4) is 0 Å². The number of nitrogens with zero attached hydrogens (tertiary/aromatic N) is 2. The molecule has 0 amide bonds. The Morgan fingerprint density at radius 2 is 1.26 bits per heavy atom. The van der Waals surface area contributed by atoms with E-state index in [9.17, 15) is 0 Å². The summed E-state index contributed by atoms with van der Waals surface area (Å²) in [5.41, 5.74) is 10.3. The second-order valence-electron chi connectivity index (χ2n) is 13.1. The number of benzene rings is 6. The van der Waals surface area contributed by atoms with E-state index in [1.54, 1.807) is 0 Å². The van der Waals surface area contributed by atoms with Crippen molar-refractivity contribution in [2.75, 3.05) is 9.80 Å². The van der Waals surface area contributed by atoms with Gasteiger partial charge in [-0.05, 0) is 115 Å². The van der Waals surface area contributed by atoms with Crippen molar-refractivity contribution in [2.45, 2.75) is 30.6 Å². The Labute approximate surface area is 301 Å². The molecule has 0 bridgehead atoms. The molecule has 240 valence electrons. The quantitative estimate of drug-likeness (QED) is 0.173. The number of fused-ring (bicyclic) bond motifs is 5. The lowest BCUT2D eigenvalue weighted by Gasteiger charge is -2.34. The molecule has 1 aromatic heterocycles. The first kappa shape index (κ1) is 29.6. The number of allylic oxidation sites excluding steroid dienone is 6. The van der Waals surface area contributed by atoms with Crippen LogP contribution in [0.2, 0.25) is 0 Å². The number of hydrogen-bond donors (Lipinski definition) is 0. The number of thioether (sulfide) groups is 1. The summed E-state index contributed by atoms with van der Waals surface area (Å²) in [6.07, 6.45) is 13.7. The van der Waals surface area contributed by atoms with E-state index in [1.165, 1.54) is 74.7 Å². The summed E-state index contributed by atoms with van der Waals surface area (Å²) in [6.45, 7) is 0. The van der Waals surface area contributed by atoms with Gasteiger partial charge in [0, 0.05) is 69.5 Å². The zero-order valence-corrected chi connectivity index (χ0v) is 29.2. The molecule has 0 saturated heterocycles. The highest BCUT2D eigenvalue weighted by atomic mass is 32.2. The van der Waals surface area contributed by atoms with Crippen molar-refractivity contribution in [3.8, 4) is 0 Å². The molecule has 4 heteroatoms. The third kappa shape index (κ3) is 4.93. The molecule has 2 heterocycles. The van der Waals surface area contributed by atoms with Gasteiger partial charge in [-0.1, -0.05) is 96.7 Å². The minimum absolute atomic E-state index is 1.01. The first-order valence-electron chi connectivity index (χ1n) is 17.5. The number of thiophene rings is 1. The van der Waals surface area contributed by atoms with Crippen LogP contribution in [0.25, 0.3) is 36.5 Å². The Morgan fingerprint density at radius 1 is 0.540 bits per heavy atom. The van der Waals surface area contributed by atoms with Crippen LogP contribution >= 0.6 is 23.1 Å². The molecule has 0 saturated carbocycles. The van der Waals surface area contributed by atoms with E-state index in [0.29, 0.717) is 0 Å². The summed E-state index contributed by atoms with van der Waals surface area (Å²) in [5.74, 6) is 0. The predicted octanol–water partition coefficient (Wildman–Crippen LogP) is 13.9. The summed E-state index contributed by atoms with van der Waals surface area (Å²) >= 11 is 3.87. The number of anilines is 4. The monoisotopic (exact) mass is 678 g/mol. The Morgan fingerprint density at radius 3 is 1.96 bits per heavy atom. The van der Waals surface area contributed by atoms with Gasteiger partial charge in [-0.3, -0.25) is 0 Å². The summed E-state index contributed by atoms with van der Waals surface area (Å²) in [5, 5.41) is 5.50. The van der Waals surface area contributed by atoms with Gasteiger partial charge in [-0.15, -0.1) is 11.3 Å². The van der Waals surface area contributed by atoms with E-state index in [4.69, 9.17) is 0 Å². The molecule has 0 atom stereocenters. The SMILES string of the molecule is C1=CC(N(C2=CC3=C(CC2)c2cc4sc5cc(N(c6ccccc6)c6ccccc6)ccc5c4c4cccc(c24)S3)c2ccccc2)=CCC1. The van der Waals surface area contributed by atoms with Crippen molar-refractivity contribution in [3.05, 3.63) is 180 Å². The van der Waals surface area contributed by atoms with Gasteiger partial charge in [-0.25, -0.2) is 0 Å². The van der Waals surface area contributed by atoms with Gasteiger partial charge in [0.25, 0.3) is 0 Å². The summed E-state index contributed by atoms with van der Waals surface area (Å²) in [7, 11) is 0. The lowest BCUT2D eigenvalue weighted by atomic mass is 9.89. The minimum atomic E-state index is 1.01. The second-order valence-corrected chi connectivity index (χ2v) is 15.3. The fraction of sp³-hybridized carbons (Fsp3) is 0.0870. The highest BCUT2D eigenvalue weighted by Gasteiger charge is 2.28. The van der Waals surface area contributed by atoms with Crippen molar-refractivity contribution in [1.82, 2.24) is 0 Å². The van der Waals surface area contributed by atoms with Crippen molar-refractivity contribution in [3.63, 3.8) is 0 Å². The normalized spacial score (nSPS) is 15.3. The third-order valence-electron chi connectivity index (χ3n) is 10.1. The van der Waals surface area contributed by atoms with E-state index >= 15 is 0 Å². The second kappa shape index (κ2) is 12.2. The van der Waals surface area contributed by atoms with Crippen LogP contribution < -0.4 is 9.80 Å². The van der Waals surface area contributed by atoms with Crippen LogP contribution in [-0.4, -0.2) is 0 Å². The zero-order valence-electron chi connectivity index (χ0n) is 27.6. The minimum Gasteiger partial charge on any atom is -0.315 e. The molecular weight excluding hydrogens is 645 g/mol. The van der Waals surface area contributed by atoms with Gasteiger partial charge in [-0.2, -0.15) is 0 Å². The maximum Gasteiger partial charge on any atom is 0.0476 e. The maximum atomic E-state index is 2.51. The highest BCUT2D eigenvalue weighted by molar-refractivity contribution is 8.03. The van der Waals surface area contributed by atoms with Crippen molar-refractivity contribution in [2.24, 2.45) is 0 Å². The van der Waals surface area contributed by atoms with Crippen LogP contribution in [0.1, 0.15) is 31.2 Å². The van der Waals surface area contributed by atoms with Gasteiger partial charge in [0.1, 0.15) is 0 Å². The van der Waals surface area contributed by atoms with Gasteiger partial charge in [0.2, 0.25) is 0 Å². The first-order chi connectivity index (χ1) is 24.8. The average Bonchev–Trinajstić information content (AvgIpc) is 3.55.